The number of aryl methyl sites for hydroxylation is 2. The van der Waals surface area contributed by atoms with Crippen molar-refractivity contribution in [1.29, 1.82) is 0 Å². The van der Waals surface area contributed by atoms with Crippen molar-refractivity contribution in [2.24, 2.45) is 4.99 Å². The smallest absolute Gasteiger partial charge is 0.307 e. The quantitative estimate of drug-likeness (QED) is 0.645. The molecule has 0 saturated heterocycles. The highest BCUT2D eigenvalue weighted by molar-refractivity contribution is 7.16. The van der Waals surface area contributed by atoms with Crippen molar-refractivity contribution in [2.45, 2.75) is 26.8 Å². The number of hydrogen-bond donors (Lipinski definition) is 0. The molecule has 3 rings (SSSR count). The fourth-order valence-electron chi connectivity index (χ4n) is 2.72. The highest BCUT2D eigenvalue weighted by atomic mass is 32.1. The number of carbonyl (C=O) groups is 2. The number of nitrogens with zero attached hydrogens (tertiary/aromatic N) is 2. The molecule has 0 N–H and O–H groups in total. The Bertz CT molecular complexity index is 1020. The number of fused-ring (bicyclic) bond motifs is 1. The lowest BCUT2D eigenvalue weighted by atomic mass is 10.1. The first-order valence-electron chi connectivity index (χ1n) is 8.49. The molecule has 0 aliphatic heterocycles. The normalized spacial score (nSPS) is 11.7. The van der Waals surface area contributed by atoms with Crippen molar-refractivity contribution in [2.75, 3.05) is 6.61 Å². The summed E-state index contributed by atoms with van der Waals surface area (Å²) in [6, 6.07) is 15.2. The van der Waals surface area contributed by atoms with E-state index < -0.39 is 0 Å². The number of esters is 1. The number of benzene rings is 2. The van der Waals surface area contributed by atoms with Crippen molar-refractivity contribution in [3.63, 3.8) is 0 Å². The molecule has 0 spiro atoms. The van der Waals surface area contributed by atoms with Crippen LogP contribution in [0, 0.1) is 6.92 Å². The Morgan fingerprint density at radius 3 is 2.62 bits per heavy atom. The second-order valence-electron chi connectivity index (χ2n) is 5.79. The maximum Gasteiger partial charge on any atom is 0.307 e. The van der Waals surface area contributed by atoms with Crippen LogP contribution in [0.15, 0.2) is 53.5 Å². The van der Waals surface area contributed by atoms with E-state index >= 15 is 0 Å². The third kappa shape index (κ3) is 3.91. The van der Waals surface area contributed by atoms with Gasteiger partial charge in [0.15, 0.2) is 4.80 Å². The lowest BCUT2D eigenvalue weighted by Crippen LogP contribution is -2.19. The molecule has 0 fully saturated rings. The molecule has 0 radical (unpaired) electrons. The van der Waals surface area contributed by atoms with Gasteiger partial charge >= 0.3 is 5.97 Å². The zero-order chi connectivity index (χ0) is 18.5. The van der Waals surface area contributed by atoms with E-state index in [2.05, 4.69) is 4.99 Å². The predicted molar refractivity (Wildman–Crippen MR) is 102 cm³/mol. The minimum absolute atomic E-state index is 0.236. The molecule has 0 aliphatic carbocycles. The third-order valence-corrected chi connectivity index (χ3v) is 5.07. The third-order valence-electron chi connectivity index (χ3n) is 4.01. The number of hydrogen-bond acceptors (Lipinski definition) is 4. The summed E-state index contributed by atoms with van der Waals surface area (Å²) in [5, 5.41) is 0. The van der Waals surface area contributed by atoms with E-state index in [-0.39, 0.29) is 18.3 Å². The van der Waals surface area contributed by atoms with Gasteiger partial charge in [0.25, 0.3) is 5.91 Å². The Balaban J connectivity index is 2.02. The van der Waals surface area contributed by atoms with Crippen LogP contribution in [0.5, 0.6) is 0 Å². The van der Waals surface area contributed by atoms with E-state index in [4.69, 9.17) is 4.74 Å². The van der Waals surface area contributed by atoms with Gasteiger partial charge in [0, 0.05) is 12.1 Å². The first-order valence-corrected chi connectivity index (χ1v) is 9.30. The SMILES string of the molecule is CCOC(=O)CCn1c(=NC(=O)c2ccccc2C)sc2ccccc21. The largest absolute Gasteiger partial charge is 0.466 e. The summed E-state index contributed by atoms with van der Waals surface area (Å²) in [7, 11) is 0. The van der Waals surface area contributed by atoms with E-state index in [9.17, 15) is 9.59 Å². The molecule has 1 aromatic heterocycles. The molecule has 3 aromatic rings. The number of ether oxygens (including phenoxy) is 1. The van der Waals surface area contributed by atoms with Crippen molar-refractivity contribution < 1.29 is 14.3 Å². The van der Waals surface area contributed by atoms with Gasteiger partial charge in [-0.3, -0.25) is 9.59 Å². The minimum atomic E-state index is -0.278. The van der Waals surface area contributed by atoms with Crippen molar-refractivity contribution in [3.8, 4) is 0 Å². The van der Waals surface area contributed by atoms with Gasteiger partial charge in [0.05, 0.1) is 23.2 Å². The maximum atomic E-state index is 12.6. The van der Waals surface area contributed by atoms with Crippen LogP contribution in [0.4, 0.5) is 0 Å². The van der Waals surface area contributed by atoms with Gasteiger partial charge in [-0.2, -0.15) is 4.99 Å². The van der Waals surface area contributed by atoms with Gasteiger partial charge in [-0.25, -0.2) is 0 Å². The second kappa shape index (κ2) is 8.10. The molecule has 5 nitrogen and oxygen atoms in total. The van der Waals surface area contributed by atoms with E-state index in [1.165, 1.54) is 11.3 Å². The van der Waals surface area contributed by atoms with Crippen LogP contribution >= 0.6 is 11.3 Å². The summed E-state index contributed by atoms with van der Waals surface area (Å²) >= 11 is 1.44. The van der Waals surface area contributed by atoms with Crippen LogP contribution in [0.25, 0.3) is 10.2 Å². The second-order valence-corrected chi connectivity index (χ2v) is 6.80. The highest BCUT2D eigenvalue weighted by Crippen LogP contribution is 2.17. The van der Waals surface area contributed by atoms with Crippen molar-refractivity contribution >= 4 is 33.4 Å². The Kier molecular flexibility index (Phi) is 5.63. The summed E-state index contributed by atoms with van der Waals surface area (Å²) < 4.78 is 7.94. The van der Waals surface area contributed by atoms with Crippen LogP contribution in [0.3, 0.4) is 0 Å². The van der Waals surface area contributed by atoms with Crippen LogP contribution in [0.1, 0.15) is 29.3 Å². The van der Waals surface area contributed by atoms with E-state index in [0.29, 0.717) is 23.5 Å². The topological polar surface area (TPSA) is 60.7 Å². The van der Waals surface area contributed by atoms with Crippen LogP contribution < -0.4 is 4.80 Å². The molecule has 6 heteroatoms. The Labute approximate surface area is 155 Å². The van der Waals surface area contributed by atoms with Gasteiger partial charge in [-0.15, -0.1) is 0 Å². The molecule has 1 amide bonds. The average Bonchev–Trinajstić information content (AvgIpc) is 2.97. The number of carbonyl (C=O) groups excluding carboxylic acids is 2. The fraction of sp³-hybridized carbons (Fsp3) is 0.250. The van der Waals surface area contributed by atoms with Crippen LogP contribution in [0.2, 0.25) is 0 Å². The predicted octanol–water partition coefficient (Wildman–Crippen LogP) is 3.71. The molecular weight excluding hydrogens is 348 g/mol. The van der Waals surface area contributed by atoms with E-state index in [1.807, 2.05) is 54.0 Å². The Morgan fingerprint density at radius 2 is 1.85 bits per heavy atom. The molecule has 2 aromatic carbocycles. The monoisotopic (exact) mass is 368 g/mol. The summed E-state index contributed by atoms with van der Waals surface area (Å²) in [4.78, 5) is 29.3. The van der Waals surface area contributed by atoms with Crippen LogP contribution in [-0.4, -0.2) is 23.1 Å². The molecule has 0 unspecified atom stereocenters. The van der Waals surface area contributed by atoms with E-state index in [0.717, 1.165) is 15.8 Å². The lowest BCUT2D eigenvalue weighted by molar-refractivity contribution is -0.143. The molecule has 0 bridgehead atoms. The summed E-state index contributed by atoms with van der Waals surface area (Å²) in [5.41, 5.74) is 2.43. The number of rotatable bonds is 5. The summed E-state index contributed by atoms with van der Waals surface area (Å²) in [6.45, 7) is 4.45. The zero-order valence-electron chi connectivity index (χ0n) is 14.8. The van der Waals surface area contributed by atoms with Gasteiger partial charge in [0.2, 0.25) is 0 Å². The van der Waals surface area contributed by atoms with Gasteiger partial charge in [0.1, 0.15) is 0 Å². The number of aromatic nitrogens is 1. The minimum Gasteiger partial charge on any atom is -0.466 e. The first-order chi connectivity index (χ1) is 12.6. The lowest BCUT2D eigenvalue weighted by Gasteiger charge is -2.05. The Morgan fingerprint density at radius 1 is 1.12 bits per heavy atom. The summed E-state index contributed by atoms with van der Waals surface area (Å²) in [5.74, 6) is -0.536. The number of para-hydroxylation sites is 1. The molecule has 0 aliphatic rings. The summed E-state index contributed by atoms with van der Waals surface area (Å²) in [6.07, 6.45) is 0.236. The van der Waals surface area contributed by atoms with Crippen LogP contribution in [-0.2, 0) is 16.1 Å². The molecule has 26 heavy (non-hydrogen) atoms. The van der Waals surface area contributed by atoms with Gasteiger partial charge < -0.3 is 9.30 Å². The molecule has 0 atom stereocenters. The van der Waals surface area contributed by atoms with Crippen molar-refractivity contribution in [3.05, 3.63) is 64.5 Å². The molecule has 0 saturated carbocycles. The maximum absolute atomic E-state index is 12.6. The number of amides is 1. The number of thiazole rings is 1. The highest BCUT2D eigenvalue weighted by Gasteiger charge is 2.12. The van der Waals surface area contributed by atoms with E-state index in [1.54, 1.807) is 13.0 Å². The standard InChI is InChI=1S/C20H20N2O3S/c1-3-25-18(23)12-13-22-16-10-6-7-11-17(16)26-20(22)21-19(24)15-9-5-4-8-14(15)2/h4-11H,3,12-13H2,1-2H3. The molecule has 134 valence electrons. The first kappa shape index (κ1) is 18.1. The molecular formula is C20H20N2O3S. The average molecular weight is 368 g/mol. The fourth-order valence-corrected chi connectivity index (χ4v) is 3.77. The Hall–Kier alpha value is -2.73. The zero-order valence-corrected chi connectivity index (χ0v) is 15.6. The van der Waals surface area contributed by atoms with Crippen molar-refractivity contribution in [1.82, 2.24) is 4.57 Å². The van der Waals surface area contributed by atoms with Gasteiger partial charge in [-0.05, 0) is 37.6 Å². The van der Waals surface area contributed by atoms with Gasteiger partial charge in [-0.1, -0.05) is 41.7 Å². The molecule has 1 heterocycles.